The number of anilines is 1. The first-order valence-electron chi connectivity index (χ1n) is 9.13. The largest absolute Gasteiger partial charge is 0.363 e. The second-order valence-electron chi connectivity index (χ2n) is 7.25. The van der Waals surface area contributed by atoms with Crippen molar-refractivity contribution in [3.8, 4) is 0 Å². The third kappa shape index (κ3) is 3.41. The molecule has 0 unspecified atom stereocenters. The molecule has 0 amide bonds. The SMILES string of the molecule is Cc1cccc(N=Cc2ccc(N3Cc4cc(C)c(C)cc4C3)cc2)c1. The van der Waals surface area contributed by atoms with Gasteiger partial charge in [0, 0.05) is 25.0 Å². The van der Waals surface area contributed by atoms with Crippen LogP contribution in [0.15, 0.2) is 65.7 Å². The molecule has 26 heavy (non-hydrogen) atoms. The van der Waals surface area contributed by atoms with Crippen LogP contribution in [-0.2, 0) is 13.1 Å². The molecule has 3 aromatic rings. The van der Waals surface area contributed by atoms with Gasteiger partial charge in [0.05, 0.1) is 5.69 Å². The van der Waals surface area contributed by atoms with Crippen molar-refractivity contribution in [1.82, 2.24) is 0 Å². The molecule has 1 aliphatic rings. The number of hydrogen-bond donors (Lipinski definition) is 0. The third-order valence-electron chi connectivity index (χ3n) is 5.16. The smallest absolute Gasteiger partial charge is 0.0632 e. The van der Waals surface area contributed by atoms with E-state index in [-0.39, 0.29) is 0 Å². The van der Waals surface area contributed by atoms with E-state index >= 15 is 0 Å². The highest BCUT2D eigenvalue weighted by Crippen LogP contribution is 2.30. The third-order valence-corrected chi connectivity index (χ3v) is 5.16. The number of rotatable bonds is 3. The van der Waals surface area contributed by atoms with Crippen LogP contribution in [0.4, 0.5) is 11.4 Å². The van der Waals surface area contributed by atoms with Gasteiger partial charge in [-0.2, -0.15) is 0 Å². The molecule has 1 aliphatic heterocycles. The fourth-order valence-corrected chi connectivity index (χ4v) is 3.51. The predicted octanol–water partition coefficient (Wildman–Crippen LogP) is 5.88. The Balaban J connectivity index is 1.48. The van der Waals surface area contributed by atoms with E-state index < -0.39 is 0 Å². The molecule has 0 radical (unpaired) electrons. The van der Waals surface area contributed by atoms with Gasteiger partial charge >= 0.3 is 0 Å². The summed E-state index contributed by atoms with van der Waals surface area (Å²) < 4.78 is 0. The monoisotopic (exact) mass is 340 g/mol. The molecule has 0 aromatic heterocycles. The Morgan fingerprint density at radius 2 is 1.46 bits per heavy atom. The lowest BCUT2D eigenvalue weighted by Gasteiger charge is -2.17. The van der Waals surface area contributed by atoms with Gasteiger partial charge in [0.1, 0.15) is 0 Å². The molecule has 0 N–H and O–H groups in total. The molecule has 1 heterocycles. The van der Waals surface area contributed by atoms with Crippen LogP contribution in [0.25, 0.3) is 0 Å². The Hall–Kier alpha value is -2.87. The van der Waals surface area contributed by atoms with E-state index in [2.05, 4.69) is 79.2 Å². The van der Waals surface area contributed by atoms with Crippen molar-refractivity contribution in [1.29, 1.82) is 0 Å². The summed E-state index contributed by atoms with van der Waals surface area (Å²) in [5.41, 5.74) is 10.3. The van der Waals surface area contributed by atoms with Crippen molar-refractivity contribution in [3.63, 3.8) is 0 Å². The summed E-state index contributed by atoms with van der Waals surface area (Å²) in [5, 5.41) is 0. The minimum Gasteiger partial charge on any atom is -0.363 e. The first-order valence-corrected chi connectivity index (χ1v) is 9.13. The number of benzene rings is 3. The highest BCUT2D eigenvalue weighted by atomic mass is 15.1. The maximum Gasteiger partial charge on any atom is 0.0632 e. The van der Waals surface area contributed by atoms with Crippen LogP contribution in [0.3, 0.4) is 0 Å². The summed E-state index contributed by atoms with van der Waals surface area (Å²) in [5.74, 6) is 0. The molecule has 2 nitrogen and oxygen atoms in total. The van der Waals surface area contributed by atoms with Crippen LogP contribution in [0.1, 0.15) is 33.4 Å². The summed E-state index contributed by atoms with van der Waals surface area (Å²) in [6, 6.07) is 21.6. The van der Waals surface area contributed by atoms with Crippen LogP contribution in [0.5, 0.6) is 0 Å². The zero-order valence-electron chi connectivity index (χ0n) is 15.7. The van der Waals surface area contributed by atoms with Gasteiger partial charge in [-0.15, -0.1) is 0 Å². The molecule has 130 valence electrons. The van der Waals surface area contributed by atoms with Gasteiger partial charge in [-0.25, -0.2) is 0 Å². The Kier molecular flexibility index (Phi) is 4.34. The van der Waals surface area contributed by atoms with Crippen molar-refractivity contribution >= 4 is 17.6 Å². The van der Waals surface area contributed by atoms with E-state index in [9.17, 15) is 0 Å². The van der Waals surface area contributed by atoms with Crippen LogP contribution in [-0.4, -0.2) is 6.21 Å². The van der Waals surface area contributed by atoms with Gasteiger partial charge in [0.25, 0.3) is 0 Å². The first kappa shape index (κ1) is 16.6. The molecule has 0 fully saturated rings. The minimum atomic E-state index is 0.993. The lowest BCUT2D eigenvalue weighted by Crippen LogP contribution is -2.14. The predicted molar refractivity (Wildman–Crippen MR) is 111 cm³/mol. The number of aliphatic imine (C=N–C) groups is 1. The molecule has 0 bridgehead atoms. The number of aryl methyl sites for hydroxylation is 3. The van der Waals surface area contributed by atoms with Crippen molar-refractivity contribution in [3.05, 3.63) is 94.0 Å². The number of nitrogens with zero attached hydrogens (tertiary/aromatic N) is 2. The molecule has 4 rings (SSSR count). The zero-order valence-corrected chi connectivity index (χ0v) is 15.7. The highest BCUT2D eigenvalue weighted by molar-refractivity contribution is 5.82. The zero-order chi connectivity index (χ0) is 18.1. The minimum absolute atomic E-state index is 0.993. The molecule has 3 aromatic carbocycles. The van der Waals surface area contributed by atoms with Crippen molar-refractivity contribution in [2.45, 2.75) is 33.9 Å². The van der Waals surface area contributed by atoms with Crippen molar-refractivity contribution < 1.29 is 0 Å². The fraction of sp³-hybridized carbons (Fsp3) is 0.208. The van der Waals surface area contributed by atoms with Crippen LogP contribution < -0.4 is 4.90 Å². The second kappa shape index (κ2) is 6.80. The summed E-state index contributed by atoms with van der Waals surface area (Å²) >= 11 is 0. The Labute approximate surface area is 155 Å². The van der Waals surface area contributed by atoms with E-state index in [0.717, 1.165) is 24.3 Å². The fourth-order valence-electron chi connectivity index (χ4n) is 3.51. The lowest BCUT2D eigenvalue weighted by atomic mass is 10.0. The van der Waals surface area contributed by atoms with Crippen LogP contribution >= 0.6 is 0 Å². The molecule has 0 atom stereocenters. The molecule has 2 heteroatoms. The Morgan fingerprint density at radius 3 is 2.08 bits per heavy atom. The maximum absolute atomic E-state index is 4.58. The van der Waals surface area contributed by atoms with Gasteiger partial charge in [-0.3, -0.25) is 4.99 Å². The average molecular weight is 340 g/mol. The van der Waals surface area contributed by atoms with E-state index in [1.807, 2.05) is 18.3 Å². The normalized spacial score (nSPS) is 13.4. The Bertz CT molecular complexity index is 937. The number of hydrogen-bond acceptors (Lipinski definition) is 2. The van der Waals surface area contributed by atoms with E-state index in [0.29, 0.717) is 0 Å². The highest BCUT2D eigenvalue weighted by Gasteiger charge is 2.19. The van der Waals surface area contributed by atoms with Crippen LogP contribution in [0.2, 0.25) is 0 Å². The summed E-state index contributed by atoms with van der Waals surface area (Å²) in [7, 11) is 0. The van der Waals surface area contributed by atoms with Gasteiger partial charge < -0.3 is 4.90 Å². The standard InChI is InChI=1S/C24H24N2/c1-17-5-4-6-23(11-17)25-14-20-7-9-24(10-8-20)26-15-21-12-18(2)19(3)13-22(21)16-26/h4-14H,15-16H2,1-3H3. The maximum atomic E-state index is 4.58. The average Bonchev–Trinajstić information content (AvgIpc) is 3.03. The first-order chi connectivity index (χ1) is 12.6. The second-order valence-corrected chi connectivity index (χ2v) is 7.25. The van der Waals surface area contributed by atoms with Gasteiger partial charge in [-0.1, -0.05) is 36.4 Å². The molecule has 0 saturated heterocycles. The van der Waals surface area contributed by atoms with Gasteiger partial charge in [0.2, 0.25) is 0 Å². The topological polar surface area (TPSA) is 15.6 Å². The van der Waals surface area contributed by atoms with Crippen LogP contribution in [0, 0.1) is 20.8 Å². The number of fused-ring (bicyclic) bond motifs is 1. The molecule has 0 spiro atoms. The van der Waals surface area contributed by atoms with E-state index in [4.69, 9.17) is 0 Å². The van der Waals surface area contributed by atoms with Gasteiger partial charge in [0.15, 0.2) is 0 Å². The van der Waals surface area contributed by atoms with E-state index in [1.165, 1.54) is 33.5 Å². The van der Waals surface area contributed by atoms with Crippen molar-refractivity contribution in [2.24, 2.45) is 4.99 Å². The van der Waals surface area contributed by atoms with Crippen molar-refractivity contribution in [2.75, 3.05) is 4.90 Å². The quantitative estimate of drug-likeness (QED) is 0.543. The summed E-state index contributed by atoms with van der Waals surface area (Å²) in [4.78, 5) is 7.01. The molecule has 0 saturated carbocycles. The summed E-state index contributed by atoms with van der Waals surface area (Å²) in [6.45, 7) is 8.46. The lowest BCUT2D eigenvalue weighted by molar-refractivity contribution is 0.880. The molecule has 0 aliphatic carbocycles. The van der Waals surface area contributed by atoms with Gasteiger partial charge in [-0.05, 0) is 78.4 Å². The Morgan fingerprint density at radius 1 is 0.808 bits per heavy atom. The van der Waals surface area contributed by atoms with E-state index in [1.54, 1.807) is 0 Å². The summed E-state index contributed by atoms with van der Waals surface area (Å²) in [6.07, 6.45) is 1.93. The molecular formula is C24H24N2. The molecular weight excluding hydrogens is 316 g/mol.